The number of carbonyl (C=O) groups is 2. The van der Waals surface area contributed by atoms with Gasteiger partial charge in [-0.25, -0.2) is 9.59 Å². The maximum atomic E-state index is 11.7. The van der Waals surface area contributed by atoms with Crippen LogP contribution in [0.1, 0.15) is 21.5 Å². The van der Waals surface area contributed by atoms with Crippen molar-refractivity contribution in [3.63, 3.8) is 0 Å². The van der Waals surface area contributed by atoms with Crippen molar-refractivity contribution in [2.45, 2.75) is 0 Å². The molecule has 0 fully saturated rings. The normalized spacial score (nSPS) is 13.6. The van der Waals surface area contributed by atoms with Gasteiger partial charge in [-0.15, -0.1) is 0 Å². The Morgan fingerprint density at radius 2 is 1.68 bits per heavy atom. The predicted molar refractivity (Wildman–Crippen MR) is 82.9 cm³/mol. The minimum atomic E-state index is -1.06. The van der Waals surface area contributed by atoms with Crippen molar-refractivity contribution in [2.24, 2.45) is 0 Å². The van der Waals surface area contributed by atoms with Crippen molar-refractivity contribution in [1.29, 1.82) is 0 Å². The Kier molecular flexibility index (Phi) is 3.47. The lowest BCUT2D eigenvalue weighted by Gasteiger charge is -2.04. The Balaban J connectivity index is 2.27. The molecule has 0 bridgehead atoms. The van der Waals surface area contributed by atoms with Gasteiger partial charge in [0, 0.05) is 11.1 Å². The highest BCUT2D eigenvalue weighted by Crippen LogP contribution is 2.45. The number of carbonyl (C=O) groups excluding carboxylic acids is 1. The van der Waals surface area contributed by atoms with Crippen molar-refractivity contribution in [3.8, 4) is 11.1 Å². The van der Waals surface area contributed by atoms with Gasteiger partial charge >= 0.3 is 11.9 Å². The summed E-state index contributed by atoms with van der Waals surface area (Å²) in [6.07, 6.45) is 1.13. The number of esters is 1. The summed E-state index contributed by atoms with van der Waals surface area (Å²) in [7, 11) is 1.30. The summed E-state index contributed by atoms with van der Waals surface area (Å²) in [5.74, 6) is -1.52. The van der Waals surface area contributed by atoms with Crippen LogP contribution in [0, 0.1) is 0 Å². The standard InChI is InChI=1S/C17H11ClO4/c1-22-17(21)9-2-4-11-12-5-3-10(18)7-14(12)15(8-16(19)20)13(11)6-9/h2-8H,1H3,(H,19,20)/b15-8-. The van der Waals surface area contributed by atoms with E-state index >= 15 is 0 Å². The molecule has 1 aliphatic rings. The summed E-state index contributed by atoms with van der Waals surface area (Å²) >= 11 is 6.02. The van der Waals surface area contributed by atoms with Crippen LogP contribution in [0.2, 0.25) is 5.02 Å². The average molecular weight is 315 g/mol. The summed E-state index contributed by atoms with van der Waals surface area (Å²) in [4.78, 5) is 22.8. The third kappa shape index (κ3) is 2.27. The van der Waals surface area contributed by atoms with Gasteiger partial charge in [0.1, 0.15) is 0 Å². The molecule has 0 heterocycles. The van der Waals surface area contributed by atoms with Crippen LogP contribution in [-0.4, -0.2) is 24.2 Å². The smallest absolute Gasteiger partial charge is 0.337 e. The minimum Gasteiger partial charge on any atom is -0.478 e. The number of methoxy groups -OCH3 is 1. The lowest BCUT2D eigenvalue weighted by Crippen LogP contribution is -2.01. The molecule has 0 amide bonds. The number of carboxylic acid groups (broad SMARTS) is 1. The SMILES string of the molecule is COC(=O)c1ccc2c(c1)/C(=C/C(=O)O)c1cc(Cl)ccc1-2. The molecule has 2 aromatic rings. The van der Waals surface area contributed by atoms with Crippen molar-refractivity contribution in [1.82, 2.24) is 0 Å². The van der Waals surface area contributed by atoms with E-state index in [2.05, 4.69) is 0 Å². The van der Waals surface area contributed by atoms with E-state index in [-0.39, 0.29) is 0 Å². The van der Waals surface area contributed by atoms with E-state index in [1.54, 1.807) is 30.3 Å². The molecule has 0 saturated carbocycles. The highest BCUT2D eigenvalue weighted by atomic mass is 35.5. The number of hydrogen-bond acceptors (Lipinski definition) is 3. The van der Waals surface area contributed by atoms with Gasteiger partial charge in [-0.2, -0.15) is 0 Å². The molecular formula is C17H11ClO4. The van der Waals surface area contributed by atoms with Crippen LogP contribution in [-0.2, 0) is 9.53 Å². The fourth-order valence-corrected chi connectivity index (χ4v) is 2.82. The van der Waals surface area contributed by atoms with Gasteiger partial charge in [0.05, 0.1) is 12.7 Å². The number of carboxylic acids is 1. The summed E-state index contributed by atoms with van der Waals surface area (Å²) in [5, 5.41) is 9.64. The van der Waals surface area contributed by atoms with Gasteiger partial charge in [0.15, 0.2) is 0 Å². The van der Waals surface area contributed by atoms with E-state index in [1.165, 1.54) is 7.11 Å². The van der Waals surface area contributed by atoms with Crippen LogP contribution in [0.4, 0.5) is 0 Å². The molecule has 110 valence electrons. The first-order chi connectivity index (χ1) is 10.5. The molecule has 0 saturated heterocycles. The molecule has 2 aromatic carbocycles. The summed E-state index contributed by atoms with van der Waals surface area (Å²) in [6.45, 7) is 0. The summed E-state index contributed by atoms with van der Waals surface area (Å²) in [6, 6.07) is 10.4. The second-order valence-electron chi connectivity index (χ2n) is 4.84. The maximum absolute atomic E-state index is 11.7. The quantitative estimate of drug-likeness (QED) is 0.579. The number of halogens is 1. The number of rotatable bonds is 2. The van der Waals surface area contributed by atoms with Crippen LogP contribution in [0.15, 0.2) is 42.5 Å². The van der Waals surface area contributed by atoms with Gasteiger partial charge in [-0.05, 0) is 52.1 Å². The third-order valence-corrected chi connectivity index (χ3v) is 3.80. The van der Waals surface area contributed by atoms with Gasteiger partial charge in [0.2, 0.25) is 0 Å². The first kappa shape index (κ1) is 14.4. The molecule has 0 atom stereocenters. The number of benzene rings is 2. The van der Waals surface area contributed by atoms with Crippen LogP contribution in [0.3, 0.4) is 0 Å². The van der Waals surface area contributed by atoms with Crippen LogP contribution >= 0.6 is 11.6 Å². The monoisotopic (exact) mass is 314 g/mol. The molecule has 4 nitrogen and oxygen atoms in total. The number of aliphatic carboxylic acids is 1. The lowest BCUT2D eigenvalue weighted by atomic mass is 10.0. The zero-order valence-corrected chi connectivity index (χ0v) is 12.3. The Hall–Kier alpha value is -2.59. The molecule has 1 N–H and O–H groups in total. The topological polar surface area (TPSA) is 63.6 Å². The number of hydrogen-bond donors (Lipinski definition) is 1. The lowest BCUT2D eigenvalue weighted by molar-refractivity contribution is -0.131. The van der Waals surface area contributed by atoms with Crippen molar-refractivity contribution >= 4 is 29.1 Å². The summed E-state index contributed by atoms with van der Waals surface area (Å²) in [5.41, 5.74) is 4.09. The molecule has 3 rings (SSSR count). The van der Waals surface area contributed by atoms with E-state index < -0.39 is 11.9 Å². The van der Waals surface area contributed by atoms with Crippen molar-refractivity contribution < 1.29 is 19.4 Å². The molecule has 5 heteroatoms. The molecule has 1 aliphatic carbocycles. The van der Waals surface area contributed by atoms with E-state index in [0.717, 1.165) is 22.8 Å². The molecule has 0 spiro atoms. The first-order valence-electron chi connectivity index (χ1n) is 6.49. The second kappa shape index (κ2) is 5.31. The Morgan fingerprint density at radius 1 is 1.05 bits per heavy atom. The number of fused-ring (bicyclic) bond motifs is 3. The van der Waals surface area contributed by atoms with E-state index in [0.29, 0.717) is 21.7 Å². The average Bonchev–Trinajstić information content (AvgIpc) is 2.79. The van der Waals surface area contributed by atoms with Crippen molar-refractivity contribution in [2.75, 3.05) is 7.11 Å². The number of ether oxygens (including phenoxy) is 1. The van der Waals surface area contributed by atoms with E-state index in [1.807, 2.05) is 6.07 Å². The molecule has 0 aliphatic heterocycles. The fraction of sp³-hybridized carbons (Fsp3) is 0.0588. The maximum Gasteiger partial charge on any atom is 0.337 e. The Bertz CT molecular complexity index is 837. The minimum absolute atomic E-state index is 0.372. The van der Waals surface area contributed by atoms with Crippen LogP contribution in [0.5, 0.6) is 0 Å². The molecular weight excluding hydrogens is 304 g/mol. The largest absolute Gasteiger partial charge is 0.478 e. The molecule has 0 radical (unpaired) electrons. The van der Waals surface area contributed by atoms with E-state index in [4.69, 9.17) is 21.4 Å². The fourth-order valence-electron chi connectivity index (χ4n) is 2.65. The second-order valence-corrected chi connectivity index (χ2v) is 5.27. The highest BCUT2D eigenvalue weighted by Gasteiger charge is 2.25. The zero-order chi connectivity index (χ0) is 15.9. The molecule has 0 aromatic heterocycles. The van der Waals surface area contributed by atoms with Crippen LogP contribution in [0.25, 0.3) is 16.7 Å². The third-order valence-electron chi connectivity index (χ3n) is 3.56. The van der Waals surface area contributed by atoms with Gasteiger partial charge in [-0.1, -0.05) is 23.7 Å². The van der Waals surface area contributed by atoms with Crippen LogP contribution < -0.4 is 0 Å². The Labute approximate surface area is 131 Å². The molecule has 0 unspecified atom stereocenters. The van der Waals surface area contributed by atoms with Gasteiger partial charge in [0.25, 0.3) is 0 Å². The van der Waals surface area contributed by atoms with Gasteiger partial charge < -0.3 is 9.84 Å². The predicted octanol–water partition coefficient (Wildman–Crippen LogP) is 3.62. The van der Waals surface area contributed by atoms with E-state index in [9.17, 15) is 9.59 Å². The van der Waals surface area contributed by atoms with Crippen molar-refractivity contribution in [3.05, 3.63) is 64.2 Å². The highest BCUT2D eigenvalue weighted by molar-refractivity contribution is 6.31. The summed E-state index contributed by atoms with van der Waals surface area (Å²) < 4.78 is 4.71. The first-order valence-corrected chi connectivity index (χ1v) is 6.86. The molecule has 22 heavy (non-hydrogen) atoms. The Morgan fingerprint density at radius 3 is 2.32 bits per heavy atom. The zero-order valence-electron chi connectivity index (χ0n) is 11.6. The van der Waals surface area contributed by atoms with Gasteiger partial charge in [-0.3, -0.25) is 0 Å².